The van der Waals surface area contributed by atoms with E-state index in [1.807, 2.05) is 54.6 Å². The smallest absolute Gasteiger partial charge is 0.170 e. The van der Waals surface area contributed by atoms with E-state index in [-0.39, 0.29) is 36.8 Å². The molecule has 0 radical (unpaired) electrons. The summed E-state index contributed by atoms with van der Waals surface area (Å²) >= 11 is 0. The first-order chi connectivity index (χ1) is 28.2. The molecule has 0 aliphatic rings. The summed E-state index contributed by atoms with van der Waals surface area (Å²) in [5.41, 5.74) is 3.31. The number of carbonyl (C=O) groups is 2. The first kappa shape index (κ1) is 42.6. The Balaban J connectivity index is 1.09. The zero-order valence-corrected chi connectivity index (χ0v) is 32.7. The first-order valence-electron chi connectivity index (χ1n) is 18.8. The molecule has 0 unspecified atom stereocenters. The van der Waals surface area contributed by atoms with Gasteiger partial charge in [0.05, 0.1) is 27.2 Å². The number of ether oxygens (including phenoxy) is 6. The standard InChI is InChI=1S/C47H49NO10/c1-33(42(52)28-37(49)19-17-35-18-21-41(51)45(27-35)54-3)40-15-10-16-44(53-2)47(40)56-26-24-48-30-38(50)32-57-39-20-22-43(55-25-23-34-11-6-4-7-12-34)46(29-39)58-31-36-13-8-5-9-14-36/h4-22,27,29,38,48,50-51H,1,23-26,28,30-32H2,2-3H3/t38-/m1/s1. The molecule has 0 heterocycles. The van der Waals surface area contributed by atoms with Gasteiger partial charge in [-0.15, -0.1) is 0 Å². The van der Waals surface area contributed by atoms with Crippen molar-refractivity contribution in [3.63, 3.8) is 0 Å². The van der Waals surface area contributed by atoms with Crippen molar-refractivity contribution in [1.82, 2.24) is 5.32 Å². The summed E-state index contributed by atoms with van der Waals surface area (Å²) in [6.07, 6.45) is 2.34. The molecule has 1 atom stereocenters. The van der Waals surface area contributed by atoms with Gasteiger partial charge >= 0.3 is 0 Å². The molecular formula is C47H49NO10. The van der Waals surface area contributed by atoms with Crippen LogP contribution < -0.4 is 33.7 Å². The third-order valence-corrected chi connectivity index (χ3v) is 8.85. The van der Waals surface area contributed by atoms with Crippen LogP contribution in [0.25, 0.3) is 11.6 Å². The van der Waals surface area contributed by atoms with Crippen molar-refractivity contribution >= 4 is 23.2 Å². The van der Waals surface area contributed by atoms with Gasteiger partial charge in [-0.25, -0.2) is 0 Å². The summed E-state index contributed by atoms with van der Waals surface area (Å²) in [6.45, 7) is 5.56. The van der Waals surface area contributed by atoms with Crippen molar-refractivity contribution in [2.24, 2.45) is 0 Å². The van der Waals surface area contributed by atoms with Gasteiger partial charge < -0.3 is 44.0 Å². The molecule has 0 aromatic heterocycles. The second-order valence-corrected chi connectivity index (χ2v) is 13.1. The molecule has 3 N–H and O–H groups in total. The number of nitrogens with one attached hydrogen (secondary N) is 1. The van der Waals surface area contributed by atoms with E-state index in [2.05, 4.69) is 24.0 Å². The molecule has 302 valence electrons. The summed E-state index contributed by atoms with van der Waals surface area (Å²) < 4.78 is 34.8. The zero-order chi connectivity index (χ0) is 41.1. The zero-order valence-electron chi connectivity index (χ0n) is 32.7. The molecule has 11 nitrogen and oxygen atoms in total. The average molecular weight is 788 g/mol. The lowest BCUT2D eigenvalue weighted by Gasteiger charge is -2.18. The number of para-hydroxylation sites is 1. The first-order valence-corrected chi connectivity index (χ1v) is 18.8. The average Bonchev–Trinajstić information content (AvgIpc) is 3.25. The van der Waals surface area contributed by atoms with Crippen LogP contribution in [0.3, 0.4) is 0 Å². The molecule has 5 rings (SSSR count). The monoisotopic (exact) mass is 787 g/mol. The highest BCUT2D eigenvalue weighted by molar-refractivity contribution is 6.27. The fraction of sp³-hybridized carbons (Fsp3) is 0.234. The number of benzene rings is 5. The van der Waals surface area contributed by atoms with Gasteiger partial charge in [0.25, 0.3) is 0 Å². The summed E-state index contributed by atoms with van der Waals surface area (Å²) in [5, 5.41) is 23.6. The molecule has 0 fully saturated rings. The minimum absolute atomic E-state index is 0.0216. The summed E-state index contributed by atoms with van der Waals surface area (Å²) in [5.74, 6) is 1.71. The van der Waals surface area contributed by atoms with Crippen molar-refractivity contribution < 1.29 is 48.2 Å². The Morgan fingerprint density at radius 1 is 0.741 bits per heavy atom. The minimum atomic E-state index is -0.836. The fourth-order valence-electron chi connectivity index (χ4n) is 5.74. The summed E-state index contributed by atoms with van der Waals surface area (Å²) in [4.78, 5) is 25.8. The van der Waals surface area contributed by atoms with Crippen LogP contribution in [0.5, 0.6) is 40.2 Å². The van der Waals surface area contributed by atoms with E-state index in [0.717, 1.165) is 12.0 Å². The van der Waals surface area contributed by atoms with Crippen molar-refractivity contribution in [3.05, 3.63) is 150 Å². The van der Waals surface area contributed by atoms with Crippen LogP contribution in [0.15, 0.2) is 128 Å². The number of phenols is 1. The fourth-order valence-corrected chi connectivity index (χ4v) is 5.74. The molecule has 58 heavy (non-hydrogen) atoms. The Hall–Kier alpha value is -6.56. The molecule has 5 aromatic carbocycles. The number of methoxy groups -OCH3 is 2. The van der Waals surface area contributed by atoms with Gasteiger partial charge in [0.15, 0.2) is 46.1 Å². The molecule has 11 heteroatoms. The van der Waals surface area contributed by atoms with Crippen LogP contribution in [-0.4, -0.2) is 75.0 Å². The normalized spacial score (nSPS) is 11.4. The number of phenolic OH excluding ortho intramolecular Hbond substituents is 1. The number of carbonyl (C=O) groups excluding carboxylic acids is 2. The molecule has 0 bridgehead atoms. The number of rotatable bonds is 24. The number of aliphatic hydroxyl groups is 1. The molecule has 0 saturated carbocycles. The molecule has 5 aromatic rings. The second-order valence-electron chi connectivity index (χ2n) is 13.1. The van der Waals surface area contributed by atoms with E-state index in [1.54, 1.807) is 42.5 Å². The predicted molar refractivity (Wildman–Crippen MR) is 223 cm³/mol. The van der Waals surface area contributed by atoms with E-state index in [0.29, 0.717) is 59.6 Å². The highest BCUT2D eigenvalue weighted by Crippen LogP contribution is 2.36. The van der Waals surface area contributed by atoms with Gasteiger partial charge in [0.1, 0.15) is 31.7 Å². The Morgan fingerprint density at radius 3 is 2.22 bits per heavy atom. The van der Waals surface area contributed by atoms with Gasteiger partial charge in [-0.3, -0.25) is 9.59 Å². The highest BCUT2D eigenvalue weighted by atomic mass is 16.5. The molecule has 0 aliphatic carbocycles. The summed E-state index contributed by atoms with van der Waals surface area (Å²) in [6, 6.07) is 35.1. The molecule has 0 saturated heterocycles. The van der Waals surface area contributed by atoms with Crippen molar-refractivity contribution in [2.45, 2.75) is 25.6 Å². The third kappa shape index (κ3) is 13.0. The van der Waals surface area contributed by atoms with Gasteiger partial charge in [-0.05, 0) is 53.1 Å². The molecular weight excluding hydrogens is 739 g/mol. The van der Waals surface area contributed by atoms with Gasteiger partial charge in [0, 0.05) is 36.7 Å². The van der Waals surface area contributed by atoms with E-state index in [4.69, 9.17) is 28.4 Å². The SMILES string of the molecule is C=C(C(=O)CC(=O)C=Cc1ccc(O)c(OC)c1)c1cccc(OC)c1OCCNC[C@@H](O)COc1ccc(OCCc2ccccc2)c(OCc2ccccc2)c1. The van der Waals surface area contributed by atoms with Crippen LogP contribution in [-0.2, 0) is 22.6 Å². The minimum Gasteiger partial charge on any atom is -0.504 e. The highest BCUT2D eigenvalue weighted by Gasteiger charge is 2.20. The predicted octanol–water partition coefficient (Wildman–Crippen LogP) is 7.27. The lowest BCUT2D eigenvalue weighted by Crippen LogP contribution is -2.33. The number of Topliss-reactive ketones (excluding diaryl/α,β-unsaturated/α-hetero) is 1. The van der Waals surface area contributed by atoms with Crippen molar-refractivity contribution in [1.29, 1.82) is 0 Å². The Labute approximate surface area is 339 Å². The maximum Gasteiger partial charge on any atom is 0.170 e. The molecule has 0 spiro atoms. The Bertz CT molecular complexity index is 2140. The molecule has 0 aliphatic heterocycles. The lowest BCUT2D eigenvalue weighted by atomic mass is 9.98. The van der Waals surface area contributed by atoms with E-state index in [1.165, 1.54) is 38.0 Å². The maximum absolute atomic E-state index is 13.1. The van der Waals surface area contributed by atoms with Crippen LogP contribution in [0.1, 0.15) is 28.7 Å². The van der Waals surface area contributed by atoms with Crippen LogP contribution in [0.2, 0.25) is 0 Å². The maximum atomic E-state index is 13.1. The summed E-state index contributed by atoms with van der Waals surface area (Å²) in [7, 11) is 2.92. The van der Waals surface area contributed by atoms with Crippen molar-refractivity contribution in [3.8, 4) is 40.2 Å². The van der Waals surface area contributed by atoms with Crippen LogP contribution >= 0.6 is 0 Å². The quantitative estimate of drug-likeness (QED) is 0.0330. The topological polar surface area (TPSA) is 142 Å². The van der Waals surface area contributed by atoms with Gasteiger partial charge in [-0.2, -0.15) is 0 Å². The molecule has 0 amide bonds. The number of aliphatic hydroxyl groups excluding tert-OH is 1. The number of aromatic hydroxyl groups is 1. The number of ketones is 2. The van der Waals surface area contributed by atoms with Crippen molar-refractivity contribution in [2.75, 3.05) is 47.1 Å². The third-order valence-electron chi connectivity index (χ3n) is 8.85. The van der Waals surface area contributed by atoms with Gasteiger partial charge in [-0.1, -0.05) is 91.5 Å². The number of hydrogen-bond donors (Lipinski definition) is 3. The van der Waals surface area contributed by atoms with E-state index >= 15 is 0 Å². The Morgan fingerprint density at radius 2 is 1.48 bits per heavy atom. The second kappa shape index (κ2) is 22.2. The van der Waals surface area contributed by atoms with E-state index < -0.39 is 24.1 Å². The lowest BCUT2D eigenvalue weighted by molar-refractivity contribution is -0.121. The van der Waals surface area contributed by atoms with Crippen LogP contribution in [0.4, 0.5) is 0 Å². The Kier molecular flexibility index (Phi) is 16.3. The van der Waals surface area contributed by atoms with Crippen LogP contribution in [0, 0.1) is 0 Å². The largest absolute Gasteiger partial charge is 0.504 e. The van der Waals surface area contributed by atoms with E-state index in [9.17, 15) is 19.8 Å². The number of hydrogen-bond acceptors (Lipinski definition) is 11. The number of allylic oxidation sites excluding steroid dienone is 2. The van der Waals surface area contributed by atoms with Gasteiger partial charge in [0.2, 0.25) is 0 Å².